The van der Waals surface area contributed by atoms with Gasteiger partial charge in [0.15, 0.2) is 12.0 Å². The molecule has 0 unspecified atom stereocenters. The minimum absolute atomic E-state index is 0.476. The minimum Gasteiger partial charge on any atom is -0.355 e. The average Bonchev–Trinajstić information content (AvgIpc) is 3.27. The number of halogens is 1. The van der Waals surface area contributed by atoms with Crippen LogP contribution in [-0.2, 0) is 6.54 Å². The number of hydrogen-bond donors (Lipinski definition) is 0. The van der Waals surface area contributed by atoms with E-state index in [4.69, 9.17) is 16.1 Å². The van der Waals surface area contributed by atoms with Crippen molar-refractivity contribution in [2.24, 2.45) is 0 Å². The van der Waals surface area contributed by atoms with Crippen molar-refractivity contribution >= 4 is 40.1 Å². The van der Waals surface area contributed by atoms with Crippen molar-refractivity contribution in [1.29, 1.82) is 0 Å². The van der Waals surface area contributed by atoms with E-state index in [9.17, 15) is 4.79 Å². The fraction of sp³-hybridized carbons (Fsp3) is 0.0588. The van der Waals surface area contributed by atoms with Crippen LogP contribution in [0.4, 0.5) is 0 Å². The monoisotopic (exact) mass is 342 g/mol. The van der Waals surface area contributed by atoms with Crippen molar-refractivity contribution in [1.82, 2.24) is 9.72 Å². The van der Waals surface area contributed by atoms with Gasteiger partial charge in [-0.15, -0.1) is 11.3 Å². The molecule has 3 heterocycles. The smallest absolute Gasteiger partial charge is 0.177 e. The molecule has 0 aliphatic carbocycles. The van der Waals surface area contributed by atoms with Crippen LogP contribution in [0, 0.1) is 0 Å². The number of carbonyl (C=O) groups is 1. The first kappa shape index (κ1) is 14.2. The molecule has 0 bridgehead atoms. The largest absolute Gasteiger partial charge is 0.355 e. The third kappa shape index (κ3) is 2.58. The molecule has 0 spiro atoms. The fourth-order valence-corrected chi connectivity index (χ4v) is 3.61. The lowest BCUT2D eigenvalue weighted by molar-refractivity contribution is 0.111. The van der Waals surface area contributed by atoms with E-state index in [1.54, 1.807) is 0 Å². The number of fused-ring (bicyclic) bond motifs is 1. The highest BCUT2D eigenvalue weighted by Crippen LogP contribution is 2.31. The SMILES string of the molecule is O=Cc1cc2ccccc2n1Cc1cc(-c2ccc(Cl)s2)on1. The maximum atomic E-state index is 11.3. The Morgan fingerprint density at radius 1 is 1.22 bits per heavy atom. The van der Waals surface area contributed by atoms with Crippen LogP contribution in [0.2, 0.25) is 4.34 Å². The maximum absolute atomic E-state index is 11.3. The molecule has 0 N–H and O–H groups in total. The second-order valence-corrected chi connectivity index (χ2v) is 6.83. The lowest BCUT2D eigenvalue weighted by Crippen LogP contribution is -2.03. The van der Waals surface area contributed by atoms with Gasteiger partial charge in [-0.2, -0.15) is 0 Å². The van der Waals surface area contributed by atoms with Crippen LogP contribution in [0.25, 0.3) is 21.5 Å². The summed E-state index contributed by atoms with van der Waals surface area (Å²) in [6.45, 7) is 0.476. The van der Waals surface area contributed by atoms with Crippen LogP contribution in [0.15, 0.2) is 53.1 Å². The Hall–Kier alpha value is -2.37. The van der Waals surface area contributed by atoms with Gasteiger partial charge in [0.05, 0.1) is 21.5 Å². The molecule has 4 aromatic rings. The summed E-state index contributed by atoms with van der Waals surface area (Å²) in [4.78, 5) is 12.3. The molecule has 1 aromatic carbocycles. The Morgan fingerprint density at radius 3 is 2.87 bits per heavy atom. The van der Waals surface area contributed by atoms with Gasteiger partial charge in [-0.3, -0.25) is 4.79 Å². The third-order valence-corrected chi connectivity index (χ3v) is 4.90. The zero-order chi connectivity index (χ0) is 15.8. The van der Waals surface area contributed by atoms with Gasteiger partial charge in [0.1, 0.15) is 5.69 Å². The molecule has 0 aliphatic heterocycles. The van der Waals surface area contributed by atoms with Crippen molar-refractivity contribution in [3.8, 4) is 10.6 Å². The van der Waals surface area contributed by atoms with Crippen LogP contribution in [0.3, 0.4) is 0 Å². The highest BCUT2D eigenvalue weighted by atomic mass is 35.5. The van der Waals surface area contributed by atoms with Crippen molar-refractivity contribution < 1.29 is 9.32 Å². The fourth-order valence-electron chi connectivity index (χ4n) is 2.62. The van der Waals surface area contributed by atoms with E-state index in [1.165, 1.54) is 11.3 Å². The Morgan fingerprint density at radius 2 is 2.09 bits per heavy atom. The number of hydrogen-bond acceptors (Lipinski definition) is 4. The summed E-state index contributed by atoms with van der Waals surface area (Å²) in [6, 6.07) is 15.4. The topological polar surface area (TPSA) is 48.0 Å². The Labute approximate surface area is 140 Å². The molecule has 4 rings (SSSR count). The third-order valence-electron chi connectivity index (χ3n) is 3.66. The van der Waals surface area contributed by atoms with Gasteiger partial charge in [0.2, 0.25) is 0 Å². The second kappa shape index (κ2) is 5.68. The molecule has 0 aliphatic rings. The molecule has 0 atom stereocenters. The molecule has 3 aromatic heterocycles. The molecule has 0 amide bonds. The van der Waals surface area contributed by atoms with Crippen molar-refractivity contribution in [3.63, 3.8) is 0 Å². The number of benzene rings is 1. The number of carbonyl (C=O) groups excluding carboxylic acids is 1. The van der Waals surface area contributed by atoms with Gasteiger partial charge in [-0.1, -0.05) is 35.0 Å². The van der Waals surface area contributed by atoms with Gasteiger partial charge in [-0.25, -0.2) is 0 Å². The Balaban J connectivity index is 1.71. The van der Waals surface area contributed by atoms with Gasteiger partial charge in [0.25, 0.3) is 0 Å². The summed E-state index contributed by atoms with van der Waals surface area (Å²) in [5.74, 6) is 0.681. The zero-order valence-electron chi connectivity index (χ0n) is 11.9. The molecule has 4 nitrogen and oxygen atoms in total. The predicted octanol–water partition coefficient (Wildman–Crippen LogP) is 4.87. The number of thiophene rings is 1. The van der Waals surface area contributed by atoms with Gasteiger partial charge in [-0.05, 0) is 24.3 Å². The van der Waals surface area contributed by atoms with E-state index >= 15 is 0 Å². The second-order valence-electron chi connectivity index (χ2n) is 5.12. The van der Waals surface area contributed by atoms with Crippen molar-refractivity contribution in [2.45, 2.75) is 6.54 Å². The number of para-hydroxylation sites is 1. The highest BCUT2D eigenvalue weighted by Gasteiger charge is 2.13. The first-order chi connectivity index (χ1) is 11.2. The van der Waals surface area contributed by atoms with E-state index in [1.807, 2.05) is 53.1 Å². The predicted molar refractivity (Wildman–Crippen MR) is 91.3 cm³/mol. The first-order valence-corrected chi connectivity index (χ1v) is 8.19. The van der Waals surface area contributed by atoms with E-state index in [0.29, 0.717) is 22.3 Å². The molecule has 0 saturated heterocycles. The van der Waals surface area contributed by atoms with E-state index in [0.717, 1.165) is 27.8 Å². The van der Waals surface area contributed by atoms with Crippen molar-refractivity contribution in [3.05, 3.63) is 64.3 Å². The molecule has 0 fully saturated rings. The number of nitrogens with zero attached hydrogens (tertiary/aromatic N) is 2. The maximum Gasteiger partial charge on any atom is 0.177 e. The summed E-state index contributed by atoms with van der Waals surface area (Å²) < 4.78 is 8.04. The molecular formula is C17H11ClN2O2S. The summed E-state index contributed by atoms with van der Waals surface area (Å²) in [7, 11) is 0. The minimum atomic E-state index is 0.476. The molecular weight excluding hydrogens is 332 g/mol. The average molecular weight is 343 g/mol. The van der Waals surface area contributed by atoms with Gasteiger partial charge >= 0.3 is 0 Å². The lowest BCUT2D eigenvalue weighted by atomic mass is 10.2. The van der Waals surface area contributed by atoms with E-state index in [2.05, 4.69) is 5.16 Å². The van der Waals surface area contributed by atoms with Crippen LogP contribution >= 0.6 is 22.9 Å². The summed E-state index contributed by atoms with van der Waals surface area (Å²) in [5.41, 5.74) is 2.38. The Bertz CT molecular complexity index is 999. The highest BCUT2D eigenvalue weighted by molar-refractivity contribution is 7.19. The number of rotatable bonds is 4. The van der Waals surface area contributed by atoms with Gasteiger partial charge in [0, 0.05) is 17.0 Å². The van der Waals surface area contributed by atoms with Crippen LogP contribution in [-0.4, -0.2) is 16.0 Å². The van der Waals surface area contributed by atoms with E-state index in [-0.39, 0.29) is 0 Å². The molecule has 114 valence electrons. The van der Waals surface area contributed by atoms with Crippen LogP contribution < -0.4 is 0 Å². The molecule has 0 saturated carbocycles. The van der Waals surface area contributed by atoms with Crippen molar-refractivity contribution in [2.75, 3.05) is 0 Å². The number of aldehydes is 1. The zero-order valence-corrected chi connectivity index (χ0v) is 13.5. The molecule has 23 heavy (non-hydrogen) atoms. The number of aromatic nitrogens is 2. The summed E-state index contributed by atoms with van der Waals surface area (Å²) in [6.07, 6.45) is 0.861. The first-order valence-electron chi connectivity index (χ1n) is 6.99. The van der Waals surface area contributed by atoms with Crippen LogP contribution in [0.1, 0.15) is 16.2 Å². The normalized spacial score (nSPS) is 11.2. The molecule has 6 heteroatoms. The van der Waals surface area contributed by atoms with Gasteiger partial charge < -0.3 is 9.09 Å². The van der Waals surface area contributed by atoms with Crippen LogP contribution in [0.5, 0.6) is 0 Å². The Kier molecular flexibility index (Phi) is 3.52. The lowest BCUT2D eigenvalue weighted by Gasteiger charge is -2.04. The summed E-state index contributed by atoms with van der Waals surface area (Å²) in [5, 5.41) is 5.14. The summed E-state index contributed by atoms with van der Waals surface area (Å²) >= 11 is 7.39. The standard InChI is InChI=1S/C17H11ClN2O2S/c18-17-6-5-16(23-17)15-8-12(19-22-15)9-20-13(10-21)7-11-3-1-2-4-14(11)20/h1-8,10H,9H2. The quantitative estimate of drug-likeness (QED) is 0.497. The molecule has 0 radical (unpaired) electrons. The van der Waals surface area contributed by atoms with E-state index < -0.39 is 0 Å².